The molecule has 6 heteroatoms. The van der Waals surface area contributed by atoms with Crippen LogP contribution in [0.15, 0.2) is 17.0 Å². The molecule has 0 saturated heterocycles. The summed E-state index contributed by atoms with van der Waals surface area (Å²) in [5.41, 5.74) is 1.64. The highest BCUT2D eigenvalue weighted by molar-refractivity contribution is 8.00. The summed E-state index contributed by atoms with van der Waals surface area (Å²) in [6.45, 7) is 6.37. The fourth-order valence-corrected chi connectivity index (χ4v) is 5.95. The highest BCUT2D eigenvalue weighted by Crippen LogP contribution is 2.31. The van der Waals surface area contributed by atoms with Gasteiger partial charge in [-0.25, -0.2) is 13.1 Å². The molecule has 0 radical (unpaired) electrons. The summed E-state index contributed by atoms with van der Waals surface area (Å²) >= 11 is 1.90. The molecule has 1 aliphatic rings. The molecule has 25 heavy (non-hydrogen) atoms. The van der Waals surface area contributed by atoms with Gasteiger partial charge in [-0.2, -0.15) is 11.8 Å². The minimum atomic E-state index is -3.49. The second kappa shape index (κ2) is 9.28. The number of benzene rings is 1. The summed E-state index contributed by atoms with van der Waals surface area (Å²) in [5, 5.41) is 0.702. The second-order valence-electron chi connectivity index (χ2n) is 7.04. The van der Waals surface area contributed by atoms with Crippen LogP contribution in [0.3, 0.4) is 0 Å². The van der Waals surface area contributed by atoms with Crippen LogP contribution < -0.4 is 9.46 Å². The second-order valence-corrected chi connectivity index (χ2v) is 10.2. The third kappa shape index (κ3) is 5.63. The number of ether oxygens (including phenoxy) is 1. The molecule has 0 unspecified atom stereocenters. The zero-order chi connectivity index (χ0) is 18.4. The Morgan fingerprint density at radius 3 is 2.52 bits per heavy atom. The van der Waals surface area contributed by atoms with E-state index in [4.69, 9.17) is 4.74 Å². The standard InChI is InChI=1S/C19H31NO3S2/c1-14(2)17-13-19(15(3)12-18(17)23-4)25(21,22)20-10-11-24-16-8-6-5-7-9-16/h12-14,16,20H,5-11H2,1-4H3. The Hall–Kier alpha value is -0.720. The van der Waals surface area contributed by atoms with E-state index in [2.05, 4.69) is 4.72 Å². The fourth-order valence-electron chi connectivity index (χ4n) is 3.31. The van der Waals surface area contributed by atoms with Crippen LogP contribution >= 0.6 is 11.8 Å². The van der Waals surface area contributed by atoms with Gasteiger partial charge in [-0.15, -0.1) is 0 Å². The zero-order valence-electron chi connectivity index (χ0n) is 15.8. The number of hydrogen-bond donors (Lipinski definition) is 1. The highest BCUT2D eigenvalue weighted by Gasteiger charge is 2.21. The Balaban J connectivity index is 2.01. The number of thioether (sulfide) groups is 1. The molecule has 0 aliphatic heterocycles. The van der Waals surface area contributed by atoms with Crippen LogP contribution in [0.2, 0.25) is 0 Å². The predicted octanol–water partition coefficient (Wildman–Crippen LogP) is 4.47. The minimum absolute atomic E-state index is 0.200. The lowest BCUT2D eigenvalue weighted by molar-refractivity contribution is 0.406. The lowest BCUT2D eigenvalue weighted by Gasteiger charge is -2.21. The normalized spacial score (nSPS) is 16.4. The van der Waals surface area contributed by atoms with Gasteiger partial charge in [0.05, 0.1) is 12.0 Å². The molecule has 0 spiro atoms. The minimum Gasteiger partial charge on any atom is -0.496 e. The molecule has 1 N–H and O–H groups in total. The fraction of sp³-hybridized carbons (Fsp3) is 0.684. The Morgan fingerprint density at radius 1 is 1.24 bits per heavy atom. The molecular formula is C19H31NO3S2. The highest BCUT2D eigenvalue weighted by atomic mass is 32.2. The molecule has 0 atom stereocenters. The summed E-state index contributed by atoms with van der Waals surface area (Å²) in [6, 6.07) is 3.58. The average molecular weight is 386 g/mol. The van der Waals surface area contributed by atoms with Gasteiger partial charge in [-0.3, -0.25) is 0 Å². The molecule has 1 aromatic carbocycles. The van der Waals surface area contributed by atoms with Gasteiger partial charge in [0, 0.05) is 17.5 Å². The molecular weight excluding hydrogens is 354 g/mol. The molecule has 2 rings (SSSR count). The van der Waals surface area contributed by atoms with Crippen LogP contribution in [0.5, 0.6) is 5.75 Å². The lowest BCUT2D eigenvalue weighted by atomic mass is 10.0. The van der Waals surface area contributed by atoms with Gasteiger partial charge in [0.2, 0.25) is 10.0 Å². The van der Waals surface area contributed by atoms with E-state index in [9.17, 15) is 8.42 Å². The van der Waals surface area contributed by atoms with Crippen molar-refractivity contribution in [2.24, 2.45) is 0 Å². The lowest BCUT2D eigenvalue weighted by Crippen LogP contribution is -2.27. The van der Waals surface area contributed by atoms with E-state index < -0.39 is 10.0 Å². The molecule has 1 saturated carbocycles. The van der Waals surface area contributed by atoms with E-state index >= 15 is 0 Å². The predicted molar refractivity (Wildman–Crippen MR) is 106 cm³/mol. The van der Waals surface area contributed by atoms with Crippen molar-refractivity contribution in [2.45, 2.75) is 68.9 Å². The van der Waals surface area contributed by atoms with E-state index in [1.165, 1.54) is 32.1 Å². The third-order valence-corrected chi connectivity index (χ3v) is 7.72. The third-order valence-electron chi connectivity index (χ3n) is 4.74. The number of hydrogen-bond acceptors (Lipinski definition) is 4. The van der Waals surface area contributed by atoms with Crippen molar-refractivity contribution in [3.8, 4) is 5.75 Å². The topological polar surface area (TPSA) is 55.4 Å². The van der Waals surface area contributed by atoms with Gasteiger partial charge >= 0.3 is 0 Å². The van der Waals surface area contributed by atoms with Gasteiger partial charge in [0.25, 0.3) is 0 Å². The Bertz CT molecular complexity index is 665. The molecule has 4 nitrogen and oxygen atoms in total. The van der Waals surface area contributed by atoms with Crippen molar-refractivity contribution in [3.63, 3.8) is 0 Å². The summed E-state index contributed by atoms with van der Waals surface area (Å²) in [4.78, 5) is 0.361. The van der Waals surface area contributed by atoms with Crippen LogP contribution in [0, 0.1) is 6.92 Å². The quantitative estimate of drug-likeness (QED) is 0.671. The SMILES string of the molecule is COc1cc(C)c(S(=O)(=O)NCCSC2CCCCC2)cc1C(C)C. The van der Waals surface area contributed by atoms with Crippen LogP contribution in [0.25, 0.3) is 0 Å². The van der Waals surface area contributed by atoms with Crippen molar-refractivity contribution >= 4 is 21.8 Å². The van der Waals surface area contributed by atoms with Gasteiger partial charge in [0.15, 0.2) is 0 Å². The molecule has 1 fully saturated rings. The van der Waals surface area contributed by atoms with Crippen molar-refractivity contribution < 1.29 is 13.2 Å². The molecule has 1 aliphatic carbocycles. The monoisotopic (exact) mass is 385 g/mol. The van der Waals surface area contributed by atoms with Gasteiger partial charge in [-0.05, 0) is 48.9 Å². The first kappa shape index (κ1) is 20.6. The van der Waals surface area contributed by atoms with Crippen molar-refractivity contribution in [3.05, 3.63) is 23.3 Å². The van der Waals surface area contributed by atoms with Crippen molar-refractivity contribution in [1.82, 2.24) is 4.72 Å². The molecule has 142 valence electrons. The molecule has 0 bridgehead atoms. The zero-order valence-corrected chi connectivity index (χ0v) is 17.4. The van der Waals surface area contributed by atoms with Gasteiger partial charge < -0.3 is 4.74 Å². The molecule has 0 aromatic heterocycles. The number of methoxy groups -OCH3 is 1. The summed E-state index contributed by atoms with van der Waals surface area (Å²) in [6.07, 6.45) is 6.51. The number of aryl methyl sites for hydroxylation is 1. The van der Waals surface area contributed by atoms with E-state index in [1.807, 2.05) is 38.6 Å². The Kier molecular flexibility index (Phi) is 7.65. The van der Waals surface area contributed by atoms with E-state index in [0.29, 0.717) is 22.3 Å². The smallest absolute Gasteiger partial charge is 0.240 e. The summed E-state index contributed by atoms with van der Waals surface area (Å²) < 4.78 is 33.6. The van der Waals surface area contributed by atoms with E-state index in [1.54, 1.807) is 13.2 Å². The maximum absolute atomic E-state index is 12.7. The van der Waals surface area contributed by atoms with Crippen LogP contribution in [-0.4, -0.2) is 33.1 Å². The first-order valence-corrected chi connectivity index (χ1v) is 11.7. The van der Waals surface area contributed by atoms with E-state index in [0.717, 1.165) is 17.1 Å². The van der Waals surface area contributed by atoms with Crippen LogP contribution in [0.1, 0.15) is 63.0 Å². The Morgan fingerprint density at radius 2 is 1.92 bits per heavy atom. The van der Waals surface area contributed by atoms with Crippen molar-refractivity contribution in [1.29, 1.82) is 0 Å². The largest absolute Gasteiger partial charge is 0.496 e. The van der Waals surface area contributed by atoms with Crippen molar-refractivity contribution in [2.75, 3.05) is 19.4 Å². The van der Waals surface area contributed by atoms with E-state index in [-0.39, 0.29) is 5.92 Å². The number of nitrogens with one attached hydrogen (secondary N) is 1. The molecule has 1 aromatic rings. The maximum Gasteiger partial charge on any atom is 0.240 e. The number of sulfonamides is 1. The van der Waals surface area contributed by atoms with Gasteiger partial charge in [-0.1, -0.05) is 33.1 Å². The number of rotatable bonds is 8. The molecule has 0 heterocycles. The summed E-state index contributed by atoms with van der Waals surface area (Å²) in [5.74, 6) is 1.78. The first-order chi connectivity index (χ1) is 11.8. The Labute approximate surface area is 157 Å². The summed E-state index contributed by atoms with van der Waals surface area (Å²) in [7, 11) is -1.87. The van der Waals surface area contributed by atoms with Crippen LogP contribution in [0.4, 0.5) is 0 Å². The maximum atomic E-state index is 12.7. The average Bonchev–Trinajstić information content (AvgIpc) is 2.58. The van der Waals surface area contributed by atoms with Gasteiger partial charge in [0.1, 0.15) is 5.75 Å². The molecule has 0 amide bonds. The van der Waals surface area contributed by atoms with Crippen LogP contribution in [-0.2, 0) is 10.0 Å². The first-order valence-electron chi connectivity index (χ1n) is 9.15.